The molecule has 1 heterocycles. The Morgan fingerprint density at radius 1 is 1.56 bits per heavy atom. The molecule has 0 aliphatic heterocycles. The Morgan fingerprint density at radius 2 is 2.25 bits per heavy atom. The summed E-state index contributed by atoms with van der Waals surface area (Å²) in [5, 5.41) is -1.14. The first-order chi connectivity index (χ1) is 7.46. The van der Waals surface area contributed by atoms with Crippen LogP contribution in [-0.2, 0) is 15.7 Å². The lowest BCUT2D eigenvalue weighted by atomic mass is 10.1. The Morgan fingerprint density at radius 3 is 2.81 bits per heavy atom. The fourth-order valence-electron chi connectivity index (χ4n) is 1.02. The van der Waals surface area contributed by atoms with E-state index >= 15 is 0 Å². The van der Waals surface area contributed by atoms with Gasteiger partial charge in [0.2, 0.25) is 0 Å². The van der Waals surface area contributed by atoms with Crippen LogP contribution < -0.4 is 0 Å². The van der Waals surface area contributed by atoms with Crippen LogP contribution in [0.1, 0.15) is 16.6 Å². The van der Waals surface area contributed by atoms with E-state index in [0.717, 1.165) is 12.5 Å². The highest BCUT2D eigenvalue weighted by molar-refractivity contribution is 6.21. The second-order valence-electron chi connectivity index (χ2n) is 2.72. The van der Waals surface area contributed by atoms with Crippen LogP contribution in [0.25, 0.3) is 0 Å². The van der Waals surface area contributed by atoms with E-state index in [1.807, 2.05) is 0 Å². The van der Waals surface area contributed by atoms with E-state index in [-0.39, 0.29) is 18.6 Å². The highest BCUT2D eigenvalue weighted by Crippen LogP contribution is 2.34. The summed E-state index contributed by atoms with van der Waals surface area (Å²) in [5.74, 6) is 0. The highest BCUT2D eigenvalue weighted by atomic mass is 35.5. The molecule has 88 valence electrons. The Balaban J connectivity index is 2.99. The van der Waals surface area contributed by atoms with Gasteiger partial charge in [0, 0.05) is 11.8 Å². The molecule has 0 aromatic carbocycles. The van der Waals surface area contributed by atoms with Crippen LogP contribution in [0.15, 0.2) is 12.5 Å². The number of alkyl halides is 4. The summed E-state index contributed by atoms with van der Waals surface area (Å²) in [6.45, 7) is -0.270. The van der Waals surface area contributed by atoms with Gasteiger partial charge in [-0.25, -0.2) is 9.97 Å². The number of carbonyl (C=O) groups is 1. The van der Waals surface area contributed by atoms with Gasteiger partial charge in [-0.15, -0.1) is 11.6 Å². The molecule has 0 saturated heterocycles. The molecule has 1 aromatic rings. The molecule has 0 radical (unpaired) electrons. The Hall–Kier alpha value is -1.37. The lowest BCUT2D eigenvalue weighted by molar-refractivity contribution is -0.142. The minimum absolute atomic E-state index is 0.104. The standard InChI is InChI=1S/C8H6ClF3N2O2/c9-6(2-16-4-15)5-1-13-3-14-7(5)8(10,11)12/h1,3-4,6H,2H2. The molecule has 1 rings (SSSR count). The van der Waals surface area contributed by atoms with Gasteiger partial charge in [0.15, 0.2) is 5.69 Å². The number of hydrogen-bond acceptors (Lipinski definition) is 4. The quantitative estimate of drug-likeness (QED) is 0.609. The van der Waals surface area contributed by atoms with E-state index in [4.69, 9.17) is 11.6 Å². The summed E-state index contributed by atoms with van der Waals surface area (Å²) < 4.78 is 41.7. The van der Waals surface area contributed by atoms with Crippen LogP contribution in [0, 0.1) is 0 Å². The summed E-state index contributed by atoms with van der Waals surface area (Å²) in [6.07, 6.45) is -2.90. The van der Waals surface area contributed by atoms with Gasteiger partial charge in [0.05, 0.1) is 5.38 Å². The minimum Gasteiger partial charge on any atom is -0.466 e. The van der Waals surface area contributed by atoms with E-state index in [1.165, 1.54) is 0 Å². The number of nitrogens with zero attached hydrogens (tertiary/aromatic N) is 2. The van der Waals surface area contributed by atoms with Gasteiger partial charge in [-0.3, -0.25) is 4.79 Å². The van der Waals surface area contributed by atoms with Crippen molar-refractivity contribution in [2.24, 2.45) is 0 Å². The van der Waals surface area contributed by atoms with Gasteiger partial charge >= 0.3 is 6.18 Å². The molecule has 1 aromatic heterocycles. The van der Waals surface area contributed by atoms with E-state index in [1.54, 1.807) is 0 Å². The van der Waals surface area contributed by atoms with Crippen molar-refractivity contribution in [3.8, 4) is 0 Å². The van der Waals surface area contributed by atoms with Gasteiger partial charge in [-0.2, -0.15) is 13.2 Å². The molecular formula is C8H6ClF3N2O2. The minimum atomic E-state index is -4.62. The highest BCUT2D eigenvalue weighted by Gasteiger charge is 2.37. The maximum Gasteiger partial charge on any atom is 0.433 e. The SMILES string of the molecule is O=COCC(Cl)c1cncnc1C(F)(F)F. The summed E-state index contributed by atoms with van der Waals surface area (Å²) in [6, 6.07) is 0. The van der Waals surface area contributed by atoms with Gasteiger partial charge in [-0.05, 0) is 0 Å². The number of carbonyl (C=O) groups excluding carboxylic acids is 1. The lowest BCUT2D eigenvalue weighted by Gasteiger charge is -2.13. The predicted molar refractivity (Wildman–Crippen MR) is 47.6 cm³/mol. The van der Waals surface area contributed by atoms with Crippen LogP contribution in [0.5, 0.6) is 0 Å². The molecule has 0 N–H and O–H groups in total. The third kappa shape index (κ3) is 3.06. The van der Waals surface area contributed by atoms with Crippen LogP contribution in [0.4, 0.5) is 13.2 Å². The second kappa shape index (κ2) is 5.11. The van der Waals surface area contributed by atoms with Crippen molar-refractivity contribution in [2.45, 2.75) is 11.6 Å². The van der Waals surface area contributed by atoms with Crippen molar-refractivity contribution in [1.29, 1.82) is 0 Å². The van der Waals surface area contributed by atoms with Crippen molar-refractivity contribution < 1.29 is 22.7 Å². The van der Waals surface area contributed by atoms with E-state index in [0.29, 0.717) is 0 Å². The van der Waals surface area contributed by atoms with Gasteiger partial charge in [0.25, 0.3) is 6.47 Å². The van der Waals surface area contributed by atoms with Crippen molar-refractivity contribution in [1.82, 2.24) is 9.97 Å². The number of rotatable bonds is 4. The zero-order valence-corrected chi connectivity index (χ0v) is 8.50. The third-order valence-electron chi connectivity index (χ3n) is 1.66. The van der Waals surface area contributed by atoms with E-state index in [2.05, 4.69) is 14.7 Å². The monoisotopic (exact) mass is 254 g/mol. The second-order valence-corrected chi connectivity index (χ2v) is 3.25. The number of aromatic nitrogens is 2. The Bertz CT molecular complexity index is 373. The third-order valence-corrected chi connectivity index (χ3v) is 2.02. The van der Waals surface area contributed by atoms with Crippen molar-refractivity contribution in [3.63, 3.8) is 0 Å². The molecule has 0 spiro atoms. The van der Waals surface area contributed by atoms with Crippen LogP contribution in [-0.4, -0.2) is 23.0 Å². The first-order valence-electron chi connectivity index (χ1n) is 4.03. The zero-order valence-electron chi connectivity index (χ0n) is 7.74. The van der Waals surface area contributed by atoms with Gasteiger partial charge in [0.1, 0.15) is 12.9 Å². The fourth-order valence-corrected chi connectivity index (χ4v) is 1.25. The molecule has 16 heavy (non-hydrogen) atoms. The Labute approximate surface area is 93.4 Å². The largest absolute Gasteiger partial charge is 0.466 e. The summed E-state index contributed by atoms with van der Waals surface area (Å²) in [7, 11) is 0. The predicted octanol–water partition coefficient (Wildman–Crippen LogP) is 1.95. The van der Waals surface area contributed by atoms with Crippen LogP contribution in [0.3, 0.4) is 0 Å². The molecule has 4 nitrogen and oxygen atoms in total. The average Bonchev–Trinajstić information content (AvgIpc) is 2.24. The maximum absolute atomic E-state index is 12.5. The molecule has 0 aliphatic rings. The van der Waals surface area contributed by atoms with Crippen LogP contribution >= 0.6 is 11.6 Å². The first-order valence-corrected chi connectivity index (χ1v) is 4.47. The summed E-state index contributed by atoms with van der Waals surface area (Å²) in [5.41, 5.74) is -1.45. The Kier molecular flexibility index (Phi) is 4.05. The molecule has 0 amide bonds. The molecule has 1 unspecified atom stereocenters. The number of ether oxygens (including phenoxy) is 1. The summed E-state index contributed by atoms with van der Waals surface area (Å²) >= 11 is 5.63. The lowest BCUT2D eigenvalue weighted by Crippen LogP contribution is -2.15. The van der Waals surface area contributed by atoms with Gasteiger partial charge in [-0.1, -0.05) is 0 Å². The van der Waals surface area contributed by atoms with Crippen molar-refractivity contribution in [3.05, 3.63) is 23.8 Å². The smallest absolute Gasteiger partial charge is 0.433 e. The number of halogens is 4. The molecule has 8 heteroatoms. The molecule has 1 atom stereocenters. The number of hydrogen-bond donors (Lipinski definition) is 0. The topological polar surface area (TPSA) is 52.1 Å². The van der Waals surface area contributed by atoms with Crippen LogP contribution in [0.2, 0.25) is 0 Å². The maximum atomic E-state index is 12.5. The van der Waals surface area contributed by atoms with E-state index in [9.17, 15) is 18.0 Å². The molecule has 0 saturated carbocycles. The van der Waals surface area contributed by atoms with Crippen molar-refractivity contribution >= 4 is 18.1 Å². The average molecular weight is 255 g/mol. The van der Waals surface area contributed by atoms with Crippen molar-refractivity contribution in [2.75, 3.05) is 6.61 Å². The first kappa shape index (κ1) is 12.7. The normalized spacial score (nSPS) is 13.2. The van der Waals surface area contributed by atoms with Gasteiger partial charge < -0.3 is 4.74 Å². The molecule has 0 bridgehead atoms. The molecule has 0 aliphatic carbocycles. The fraction of sp³-hybridized carbons (Fsp3) is 0.375. The molecule has 0 fully saturated rings. The van der Waals surface area contributed by atoms with E-state index < -0.39 is 17.2 Å². The zero-order chi connectivity index (χ0) is 12.2. The summed E-state index contributed by atoms with van der Waals surface area (Å²) in [4.78, 5) is 16.5. The molecular weight excluding hydrogens is 249 g/mol.